The van der Waals surface area contributed by atoms with Crippen molar-refractivity contribution in [2.24, 2.45) is 0 Å². The molecule has 0 spiro atoms. The second kappa shape index (κ2) is 9.49. The highest BCUT2D eigenvalue weighted by molar-refractivity contribution is 9.11. The summed E-state index contributed by atoms with van der Waals surface area (Å²) < 4.78 is 27.8. The molecule has 0 atom stereocenters. The van der Waals surface area contributed by atoms with Crippen LogP contribution in [0.1, 0.15) is 11.1 Å². The van der Waals surface area contributed by atoms with Crippen LogP contribution < -0.4 is 0 Å². The third-order valence-electron chi connectivity index (χ3n) is 4.66. The molecule has 2 heterocycles. The Morgan fingerprint density at radius 1 is 1.14 bits per heavy atom. The third kappa shape index (κ3) is 5.87. The largest absolute Gasteiger partial charge is 0.339 e. The number of nitrogens with zero attached hydrogens (tertiary/aromatic N) is 3. The van der Waals surface area contributed by atoms with Crippen molar-refractivity contribution in [2.45, 2.75) is 12.3 Å². The Balaban J connectivity index is 1.48. The number of benzene rings is 1. The Bertz CT molecular complexity index is 894. The van der Waals surface area contributed by atoms with E-state index < -0.39 is 10.0 Å². The van der Waals surface area contributed by atoms with Gasteiger partial charge in [0.05, 0.1) is 16.1 Å². The molecule has 1 aliphatic rings. The fourth-order valence-corrected chi connectivity index (χ4v) is 5.94. The lowest BCUT2D eigenvalue weighted by atomic mass is 10.2. The molecule has 0 aliphatic carbocycles. The van der Waals surface area contributed by atoms with E-state index in [1.807, 2.05) is 42.3 Å². The van der Waals surface area contributed by atoms with Crippen LogP contribution in [0.4, 0.5) is 0 Å². The first-order valence-corrected chi connectivity index (χ1v) is 12.3. The molecular weight excluding hydrogens is 462 g/mol. The number of piperazine rings is 1. The summed E-state index contributed by atoms with van der Waals surface area (Å²) in [5, 5.41) is 2.07. The molecule has 28 heavy (non-hydrogen) atoms. The van der Waals surface area contributed by atoms with E-state index >= 15 is 0 Å². The minimum atomic E-state index is -3.37. The predicted octanol–water partition coefficient (Wildman–Crippen LogP) is 2.62. The van der Waals surface area contributed by atoms with E-state index in [4.69, 9.17) is 0 Å². The fraction of sp³-hybridized carbons (Fsp3) is 0.421. The molecule has 2 aromatic rings. The molecule has 152 valence electrons. The maximum atomic E-state index is 12.6. The number of rotatable bonds is 7. The highest BCUT2D eigenvalue weighted by Gasteiger charge is 2.29. The predicted molar refractivity (Wildman–Crippen MR) is 116 cm³/mol. The van der Waals surface area contributed by atoms with Crippen molar-refractivity contribution in [1.82, 2.24) is 14.1 Å². The van der Waals surface area contributed by atoms with Gasteiger partial charge < -0.3 is 4.90 Å². The normalized spacial score (nSPS) is 15.9. The van der Waals surface area contributed by atoms with Crippen LogP contribution in [-0.2, 0) is 27.1 Å². The zero-order chi connectivity index (χ0) is 20.1. The summed E-state index contributed by atoms with van der Waals surface area (Å²) in [6.07, 6.45) is 0. The maximum absolute atomic E-state index is 12.6. The molecule has 1 amide bonds. The molecule has 0 N–H and O–H groups in total. The summed E-state index contributed by atoms with van der Waals surface area (Å²) in [7, 11) is -1.44. The summed E-state index contributed by atoms with van der Waals surface area (Å²) in [6, 6.07) is 11.2. The SMILES string of the molecule is CN(CC(=O)N1CCN(S(=O)(=O)Cc2ccccc2)CC1)Cc1csc(Br)c1. The van der Waals surface area contributed by atoms with Crippen LogP contribution in [0, 0.1) is 0 Å². The van der Waals surface area contributed by atoms with Crippen molar-refractivity contribution in [3.8, 4) is 0 Å². The van der Waals surface area contributed by atoms with Crippen molar-refractivity contribution in [2.75, 3.05) is 39.8 Å². The smallest absolute Gasteiger partial charge is 0.236 e. The van der Waals surface area contributed by atoms with E-state index in [9.17, 15) is 13.2 Å². The van der Waals surface area contributed by atoms with E-state index in [1.54, 1.807) is 16.2 Å². The average Bonchev–Trinajstić information content (AvgIpc) is 3.06. The number of hydrogen-bond donors (Lipinski definition) is 0. The summed E-state index contributed by atoms with van der Waals surface area (Å²) in [5.41, 5.74) is 1.95. The van der Waals surface area contributed by atoms with E-state index in [1.165, 1.54) is 9.87 Å². The molecule has 1 aromatic carbocycles. The minimum Gasteiger partial charge on any atom is -0.339 e. The highest BCUT2D eigenvalue weighted by Crippen LogP contribution is 2.21. The van der Waals surface area contributed by atoms with E-state index in [0.29, 0.717) is 39.3 Å². The molecule has 3 rings (SSSR count). The lowest BCUT2D eigenvalue weighted by Crippen LogP contribution is -2.52. The number of amides is 1. The molecule has 9 heteroatoms. The Morgan fingerprint density at radius 3 is 2.43 bits per heavy atom. The number of hydrogen-bond acceptors (Lipinski definition) is 5. The quantitative estimate of drug-likeness (QED) is 0.604. The number of halogens is 1. The molecule has 6 nitrogen and oxygen atoms in total. The lowest BCUT2D eigenvalue weighted by molar-refractivity contribution is -0.133. The van der Waals surface area contributed by atoms with Crippen molar-refractivity contribution in [3.63, 3.8) is 0 Å². The van der Waals surface area contributed by atoms with Crippen LogP contribution in [0.2, 0.25) is 0 Å². The number of carbonyl (C=O) groups is 1. The van der Waals surface area contributed by atoms with Gasteiger partial charge in [0.1, 0.15) is 0 Å². The first kappa shape index (κ1) is 21.4. The van der Waals surface area contributed by atoms with Gasteiger partial charge in [-0.15, -0.1) is 11.3 Å². The van der Waals surface area contributed by atoms with Gasteiger partial charge in [-0.2, -0.15) is 4.31 Å². The Kier molecular flexibility index (Phi) is 7.27. The van der Waals surface area contributed by atoms with Crippen LogP contribution in [-0.4, -0.2) is 68.2 Å². The van der Waals surface area contributed by atoms with Crippen LogP contribution in [0.25, 0.3) is 0 Å². The van der Waals surface area contributed by atoms with Crippen LogP contribution in [0.15, 0.2) is 45.6 Å². The van der Waals surface area contributed by atoms with Gasteiger partial charge in [-0.05, 0) is 45.6 Å². The summed E-state index contributed by atoms with van der Waals surface area (Å²) >= 11 is 5.08. The van der Waals surface area contributed by atoms with Gasteiger partial charge in [-0.1, -0.05) is 30.3 Å². The molecular formula is C19H24BrN3O3S2. The van der Waals surface area contributed by atoms with Gasteiger partial charge in [-0.25, -0.2) is 8.42 Å². The maximum Gasteiger partial charge on any atom is 0.236 e. The van der Waals surface area contributed by atoms with Crippen molar-refractivity contribution in [1.29, 1.82) is 0 Å². The standard InChI is InChI=1S/C19H24BrN3O3S2/c1-21(12-17-11-18(20)27-14-17)13-19(24)22-7-9-23(10-8-22)28(25,26)15-16-5-3-2-4-6-16/h2-6,11,14H,7-10,12-13,15H2,1H3. The molecule has 1 saturated heterocycles. The van der Waals surface area contributed by atoms with Gasteiger partial charge in [0.2, 0.25) is 15.9 Å². The van der Waals surface area contributed by atoms with E-state index in [0.717, 1.165) is 9.35 Å². The topological polar surface area (TPSA) is 60.9 Å². The Hall–Kier alpha value is -1.26. The van der Waals surface area contributed by atoms with Crippen LogP contribution in [0.3, 0.4) is 0 Å². The highest BCUT2D eigenvalue weighted by atomic mass is 79.9. The number of thiophene rings is 1. The van der Waals surface area contributed by atoms with E-state index in [2.05, 4.69) is 27.4 Å². The third-order valence-corrected chi connectivity index (χ3v) is 8.06. The molecule has 1 fully saturated rings. The van der Waals surface area contributed by atoms with Gasteiger partial charge in [0.25, 0.3) is 0 Å². The Labute approximate surface area is 178 Å². The summed E-state index contributed by atoms with van der Waals surface area (Å²) in [6.45, 7) is 2.60. The minimum absolute atomic E-state index is 0.000719. The van der Waals surface area contributed by atoms with Crippen molar-refractivity contribution in [3.05, 3.63) is 56.7 Å². The average molecular weight is 486 g/mol. The summed E-state index contributed by atoms with van der Waals surface area (Å²) in [5.74, 6) is 0.0395. The summed E-state index contributed by atoms with van der Waals surface area (Å²) in [4.78, 5) is 16.3. The first-order chi connectivity index (χ1) is 13.3. The second-order valence-corrected chi connectivity index (χ2v) is 11.2. The molecule has 1 aromatic heterocycles. The first-order valence-electron chi connectivity index (χ1n) is 9.04. The van der Waals surface area contributed by atoms with Crippen LogP contribution >= 0.6 is 27.3 Å². The Morgan fingerprint density at radius 2 is 1.82 bits per heavy atom. The number of likely N-dealkylation sites (N-methyl/N-ethyl adjacent to an activating group) is 1. The van der Waals surface area contributed by atoms with Gasteiger partial charge >= 0.3 is 0 Å². The fourth-order valence-electron chi connectivity index (χ4n) is 3.22. The second-order valence-electron chi connectivity index (χ2n) is 6.95. The van der Waals surface area contributed by atoms with Gasteiger partial charge in [-0.3, -0.25) is 9.69 Å². The molecule has 0 unspecified atom stereocenters. The monoisotopic (exact) mass is 485 g/mol. The number of carbonyl (C=O) groups excluding carboxylic acids is 1. The van der Waals surface area contributed by atoms with Crippen LogP contribution in [0.5, 0.6) is 0 Å². The molecule has 0 bridgehead atoms. The van der Waals surface area contributed by atoms with Gasteiger partial charge in [0.15, 0.2) is 0 Å². The zero-order valence-corrected chi connectivity index (χ0v) is 19.0. The van der Waals surface area contributed by atoms with Crippen molar-refractivity contribution < 1.29 is 13.2 Å². The van der Waals surface area contributed by atoms with Gasteiger partial charge in [0, 0.05) is 32.7 Å². The van der Waals surface area contributed by atoms with E-state index in [-0.39, 0.29) is 11.7 Å². The molecule has 0 saturated carbocycles. The molecule has 1 aliphatic heterocycles. The van der Waals surface area contributed by atoms with Crippen molar-refractivity contribution >= 4 is 43.2 Å². The zero-order valence-electron chi connectivity index (χ0n) is 15.8. The number of sulfonamides is 1. The lowest BCUT2D eigenvalue weighted by Gasteiger charge is -2.34. The molecule has 0 radical (unpaired) electrons.